The number of nitrogens with zero attached hydrogens (tertiary/aromatic N) is 2. The summed E-state index contributed by atoms with van der Waals surface area (Å²) in [6, 6.07) is 10.0. The molecule has 0 aliphatic carbocycles. The highest BCUT2D eigenvalue weighted by Crippen LogP contribution is 2.28. The molecule has 1 amide bonds. The molecule has 0 aliphatic heterocycles. The molecule has 2 aromatic rings. The van der Waals surface area contributed by atoms with Crippen LogP contribution in [0.15, 0.2) is 36.5 Å². The minimum Gasteiger partial charge on any atom is -0.481 e. The maximum atomic E-state index is 12.4. The second-order valence-electron chi connectivity index (χ2n) is 7.09. The van der Waals surface area contributed by atoms with E-state index in [4.69, 9.17) is 4.74 Å². The van der Waals surface area contributed by atoms with Gasteiger partial charge in [0, 0.05) is 26.8 Å². The van der Waals surface area contributed by atoms with Crippen LogP contribution in [0.3, 0.4) is 0 Å². The first-order chi connectivity index (χ1) is 12.3. The number of anilines is 1. The highest BCUT2D eigenvalue weighted by molar-refractivity contribution is 5.80. The first-order valence-corrected chi connectivity index (χ1v) is 8.95. The van der Waals surface area contributed by atoms with Gasteiger partial charge in [-0.15, -0.1) is 0 Å². The summed E-state index contributed by atoms with van der Waals surface area (Å²) in [5.74, 6) is 1.86. The Labute approximate surface area is 156 Å². The Bertz CT molecular complexity index is 739. The van der Waals surface area contributed by atoms with Crippen LogP contribution in [0, 0.1) is 6.92 Å². The van der Waals surface area contributed by atoms with Crippen molar-refractivity contribution < 1.29 is 9.53 Å². The van der Waals surface area contributed by atoms with Crippen LogP contribution < -0.4 is 15.0 Å². The average molecular weight is 355 g/mol. The van der Waals surface area contributed by atoms with Crippen molar-refractivity contribution in [3.8, 4) is 5.75 Å². The summed E-state index contributed by atoms with van der Waals surface area (Å²) in [5, 5.41) is 2.91. The second kappa shape index (κ2) is 8.70. The van der Waals surface area contributed by atoms with Gasteiger partial charge in [0.05, 0.1) is 0 Å². The van der Waals surface area contributed by atoms with Gasteiger partial charge in [0.1, 0.15) is 11.6 Å². The fraction of sp³-hybridized carbons (Fsp3) is 0.429. The van der Waals surface area contributed by atoms with E-state index >= 15 is 0 Å². The number of ether oxygens (including phenoxy) is 1. The van der Waals surface area contributed by atoms with Crippen molar-refractivity contribution in [3.63, 3.8) is 0 Å². The largest absolute Gasteiger partial charge is 0.481 e. The zero-order chi connectivity index (χ0) is 19.3. The number of carbonyl (C=O) groups excluding carboxylic acids is 1. The van der Waals surface area contributed by atoms with E-state index in [0.29, 0.717) is 12.5 Å². The summed E-state index contributed by atoms with van der Waals surface area (Å²) >= 11 is 0. The van der Waals surface area contributed by atoms with E-state index in [-0.39, 0.29) is 5.91 Å². The lowest BCUT2D eigenvalue weighted by Crippen LogP contribution is -2.36. The molecule has 0 aliphatic rings. The van der Waals surface area contributed by atoms with Gasteiger partial charge in [-0.25, -0.2) is 4.98 Å². The SMILES string of the molecule is Cc1ccc(C(C)C)c(OC(C)C(=O)NCc2ccc(N(C)C)nc2)c1. The zero-order valence-corrected chi connectivity index (χ0v) is 16.5. The van der Waals surface area contributed by atoms with E-state index in [1.165, 1.54) is 0 Å². The lowest BCUT2D eigenvalue weighted by atomic mass is 10.0. The molecule has 26 heavy (non-hydrogen) atoms. The summed E-state index contributed by atoms with van der Waals surface area (Å²) in [4.78, 5) is 18.7. The first kappa shape index (κ1) is 19.8. The highest BCUT2D eigenvalue weighted by Gasteiger charge is 2.17. The number of rotatable bonds is 7. The van der Waals surface area contributed by atoms with E-state index in [9.17, 15) is 4.79 Å². The number of benzene rings is 1. The topological polar surface area (TPSA) is 54.5 Å². The molecule has 1 heterocycles. The summed E-state index contributed by atoms with van der Waals surface area (Å²) < 4.78 is 5.95. The van der Waals surface area contributed by atoms with Crippen molar-refractivity contribution in [2.24, 2.45) is 0 Å². The number of aryl methyl sites for hydroxylation is 1. The van der Waals surface area contributed by atoms with Crippen molar-refractivity contribution in [3.05, 3.63) is 53.2 Å². The molecule has 0 saturated carbocycles. The Balaban J connectivity index is 1.96. The van der Waals surface area contributed by atoms with Crippen LogP contribution in [0.1, 0.15) is 43.4 Å². The molecule has 1 N–H and O–H groups in total. The fourth-order valence-electron chi connectivity index (χ4n) is 2.58. The number of hydrogen-bond donors (Lipinski definition) is 1. The van der Waals surface area contributed by atoms with Gasteiger partial charge in [-0.3, -0.25) is 4.79 Å². The molecule has 0 bridgehead atoms. The zero-order valence-electron chi connectivity index (χ0n) is 16.5. The number of hydrogen-bond acceptors (Lipinski definition) is 4. The van der Waals surface area contributed by atoms with Gasteiger partial charge in [-0.1, -0.05) is 32.0 Å². The standard InChI is InChI=1S/C21H29N3O2/c1-14(2)18-9-7-15(3)11-19(18)26-16(4)21(25)23-13-17-8-10-20(22-12-17)24(5)6/h7-12,14,16H,13H2,1-6H3,(H,23,25). The molecule has 0 saturated heterocycles. The summed E-state index contributed by atoms with van der Waals surface area (Å²) in [7, 11) is 3.89. The van der Waals surface area contributed by atoms with Crippen LogP contribution in [-0.2, 0) is 11.3 Å². The molecule has 140 valence electrons. The quantitative estimate of drug-likeness (QED) is 0.823. The molecule has 5 heteroatoms. The van der Waals surface area contributed by atoms with E-state index in [1.54, 1.807) is 13.1 Å². The molecule has 0 radical (unpaired) electrons. The molecule has 0 spiro atoms. The van der Waals surface area contributed by atoms with Gasteiger partial charge in [0.2, 0.25) is 0 Å². The Morgan fingerprint density at radius 1 is 1.19 bits per heavy atom. The molecule has 5 nitrogen and oxygen atoms in total. The third-order valence-electron chi connectivity index (χ3n) is 4.20. The third-order valence-corrected chi connectivity index (χ3v) is 4.20. The van der Waals surface area contributed by atoms with Crippen LogP contribution in [0.25, 0.3) is 0 Å². The van der Waals surface area contributed by atoms with Crippen LogP contribution in [-0.4, -0.2) is 31.1 Å². The van der Waals surface area contributed by atoms with E-state index in [2.05, 4.69) is 36.3 Å². The fourth-order valence-corrected chi connectivity index (χ4v) is 2.58. The number of carbonyl (C=O) groups is 1. The predicted molar refractivity (Wildman–Crippen MR) is 106 cm³/mol. The van der Waals surface area contributed by atoms with Gasteiger partial charge in [0.25, 0.3) is 5.91 Å². The number of aromatic nitrogens is 1. The summed E-state index contributed by atoms with van der Waals surface area (Å²) in [5.41, 5.74) is 3.18. The molecule has 1 aromatic heterocycles. The van der Waals surface area contributed by atoms with Crippen LogP contribution in [0.5, 0.6) is 5.75 Å². The average Bonchev–Trinajstić information content (AvgIpc) is 2.59. The van der Waals surface area contributed by atoms with Gasteiger partial charge >= 0.3 is 0 Å². The normalized spacial score (nSPS) is 12.0. The second-order valence-corrected chi connectivity index (χ2v) is 7.09. The molecule has 0 fully saturated rings. The Kier molecular flexibility index (Phi) is 6.61. The van der Waals surface area contributed by atoms with Crippen LogP contribution in [0.2, 0.25) is 0 Å². The summed E-state index contributed by atoms with van der Waals surface area (Å²) in [6.45, 7) is 8.46. The smallest absolute Gasteiger partial charge is 0.261 e. The molecule has 1 aromatic carbocycles. The van der Waals surface area contributed by atoms with Gasteiger partial charge in [-0.05, 0) is 48.6 Å². The van der Waals surface area contributed by atoms with E-state index in [1.807, 2.05) is 44.1 Å². The van der Waals surface area contributed by atoms with Crippen molar-refractivity contribution in [2.45, 2.75) is 46.3 Å². The monoisotopic (exact) mass is 355 g/mol. The number of nitrogens with one attached hydrogen (secondary N) is 1. The predicted octanol–water partition coefficient (Wildman–Crippen LogP) is 3.66. The molecule has 1 unspecified atom stereocenters. The van der Waals surface area contributed by atoms with Crippen LogP contribution >= 0.6 is 0 Å². The minimum atomic E-state index is -0.566. The maximum Gasteiger partial charge on any atom is 0.261 e. The Hall–Kier alpha value is -2.56. The Morgan fingerprint density at radius 3 is 2.50 bits per heavy atom. The lowest BCUT2D eigenvalue weighted by molar-refractivity contribution is -0.127. The molecular weight excluding hydrogens is 326 g/mol. The number of pyridine rings is 1. The Morgan fingerprint density at radius 2 is 1.92 bits per heavy atom. The molecular formula is C21H29N3O2. The van der Waals surface area contributed by atoms with Crippen molar-refractivity contribution in [1.29, 1.82) is 0 Å². The summed E-state index contributed by atoms with van der Waals surface area (Å²) in [6.07, 6.45) is 1.21. The third kappa shape index (κ3) is 5.22. The van der Waals surface area contributed by atoms with Gasteiger partial charge in [-0.2, -0.15) is 0 Å². The molecule has 1 atom stereocenters. The van der Waals surface area contributed by atoms with Gasteiger partial charge in [0.15, 0.2) is 6.10 Å². The van der Waals surface area contributed by atoms with Crippen LogP contribution in [0.4, 0.5) is 5.82 Å². The van der Waals surface area contributed by atoms with Gasteiger partial charge < -0.3 is 15.0 Å². The number of amides is 1. The van der Waals surface area contributed by atoms with Crippen molar-refractivity contribution >= 4 is 11.7 Å². The maximum absolute atomic E-state index is 12.4. The van der Waals surface area contributed by atoms with Crippen molar-refractivity contribution in [2.75, 3.05) is 19.0 Å². The molecule has 2 rings (SSSR count). The van der Waals surface area contributed by atoms with E-state index < -0.39 is 6.10 Å². The van der Waals surface area contributed by atoms with Crippen molar-refractivity contribution in [1.82, 2.24) is 10.3 Å². The first-order valence-electron chi connectivity index (χ1n) is 8.95. The minimum absolute atomic E-state index is 0.141. The van der Waals surface area contributed by atoms with E-state index in [0.717, 1.165) is 28.3 Å². The highest BCUT2D eigenvalue weighted by atomic mass is 16.5. The lowest BCUT2D eigenvalue weighted by Gasteiger charge is -2.19.